The molecule has 0 fully saturated rings. The lowest BCUT2D eigenvalue weighted by Crippen LogP contribution is -2.07. The summed E-state index contributed by atoms with van der Waals surface area (Å²) in [5.74, 6) is 0. The van der Waals surface area contributed by atoms with Gasteiger partial charge < -0.3 is 14.0 Å². The molecular formula is C7H16O3P-. The van der Waals surface area contributed by atoms with Gasteiger partial charge in [-0.25, -0.2) is 0 Å². The van der Waals surface area contributed by atoms with Gasteiger partial charge in [-0.1, -0.05) is 26.7 Å². The Morgan fingerprint density at radius 3 is 2.45 bits per heavy atom. The van der Waals surface area contributed by atoms with Crippen molar-refractivity contribution in [1.29, 1.82) is 0 Å². The van der Waals surface area contributed by atoms with Crippen LogP contribution in [0.2, 0.25) is 0 Å². The molecule has 0 amide bonds. The van der Waals surface area contributed by atoms with E-state index in [1.807, 2.05) is 0 Å². The molecule has 0 aliphatic heterocycles. The fraction of sp³-hybridized carbons (Fsp3) is 1.00. The Labute approximate surface area is 68.3 Å². The lowest BCUT2D eigenvalue weighted by Gasteiger charge is -2.20. The van der Waals surface area contributed by atoms with E-state index in [0.717, 1.165) is 19.3 Å². The summed E-state index contributed by atoms with van der Waals surface area (Å²) in [5, 5.41) is 0. The summed E-state index contributed by atoms with van der Waals surface area (Å²) in [4.78, 5) is 10.8. The van der Waals surface area contributed by atoms with E-state index in [2.05, 4.69) is 11.4 Å². The van der Waals surface area contributed by atoms with Gasteiger partial charge in [0.1, 0.15) is 7.60 Å². The fourth-order valence-corrected chi connectivity index (χ4v) is 1.24. The Morgan fingerprint density at radius 1 is 1.36 bits per heavy atom. The first-order valence-electron chi connectivity index (χ1n) is 4.07. The van der Waals surface area contributed by atoms with E-state index in [0.29, 0.717) is 6.61 Å². The Balaban J connectivity index is 3.31. The molecule has 1 unspecified atom stereocenters. The van der Waals surface area contributed by atoms with E-state index in [4.69, 9.17) is 0 Å². The molecule has 1 atom stereocenters. The molecule has 68 valence electrons. The van der Waals surface area contributed by atoms with Gasteiger partial charge in [0.2, 0.25) is 0 Å². The van der Waals surface area contributed by atoms with Crippen LogP contribution in [0.25, 0.3) is 0 Å². The zero-order valence-electron chi connectivity index (χ0n) is 7.21. The highest BCUT2D eigenvalue weighted by molar-refractivity contribution is 7.51. The second kappa shape index (κ2) is 5.76. The van der Waals surface area contributed by atoms with Crippen molar-refractivity contribution in [3.05, 3.63) is 0 Å². The monoisotopic (exact) mass is 179 g/mol. The minimum absolute atomic E-state index is 0.0964. The predicted molar refractivity (Wildman–Crippen MR) is 43.6 cm³/mol. The van der Waals surface area contributed by atoms with Gasteiger partial charge in [0.25, 0.3) is 0 Å². The van der Waals surface area contributed by atoms with Crippen molar-refractivity contribution >= 4 is 7.60 Å². The quantitative estimate of drug-likeness (QED) is 0.461. The maximum absolute atomic E-state index is 10.8. The third-order valence-corrected chi connectivity index (χ3v) is 2.77. The van der Waals surface area contributed by atoms with Crippen molar-refractivity contribution in [3.8, 4) is 0 Å². The lowest BCUT2D eigenvalue weighted by atomic mass is 10.3. The molecular weight excluding hydrogens is 163 g/mol. The normalized spacial score (nSPS) is 16.3. The summed E-state index contributed by atoms with van der Waals surface area (Å²) in [7, 11) is -3.46. The number of hydrogen-bond donors (Lipinski definition) is 0. The SMILES string of the molecule is CCCCCOP(=O)([O-])CC. The lowest BCUT2D eigenvalue weighted by molar-refractivity contribution is -0.198. The molecule has 0 rings (SSSR count). The highest BCUT2D eigenvalue weighted by Crippen LogP contribution is 2.35. The molecule has 0 bridgehead atoms. The van der Waals surface area contributed by atoms with Crippen LogP contribution in [0.1, 0.15) is 33.1 Å². The topological polar surface area (TPSA) is 49.4 Å². The van der Waals surface area contributed by atoms with Gasteiger partial charge in [-0.2, -0.15) is 0 Å². The zero-order chi connectivity index (χ0) is 8.74. The molecule has 0 saturated carbocycles. The van der Waals surface area contributed by atoms with E-state index >= 15 is 0 Å². The first-order valence-corrected chi connectivity index (χ1v) is 5.79. The van der Waals surface area contributed by atoms with Gasteiger partial charge in [-0.3, -0.25) is 0 Å². The third kappa shape index (κ3) is 6.54. The third-order valence-electron chi connectivity index (χ3n) is 1.42. The molecule has 0 aromatic rings. The largest absolute Gasteiger partial charge is 0.779 e. The minimum Gasteiger partial charge on any atom is -0.779 e. The van der Waals surface area contributed by atoms with Crippen molar-refractivity contribution in [3.63, 3.8) is 0 Å². The van der Waals surface area contributed by atoms with Gasteiger partial charge in [0, 0.05) is 6.16 Å². The molecule has 4 heteroatoms. The maximum atomic E-state index is 10.8. The van der Waals surface area contributed by atoms with Gasteiger partial charge in [0.15, 0.2) is 0 Å². The average Bonchev–Trinajstić information content (AvgIpc) is 1.99. The molecule has 0 saturated heterocycles. The maximum Gasteiger partial charge on any atom is 0.134 e. The van der Waals surface area contributed by atoms with Gasteiger partial charge in [0.05, 0.1) is 6.61 Å². The van der Waals surface area contributed by atoms with Crippen LogP contribution in [0, 0.1) is 0 Å². The molecule has 11 heavy (non-hydrogen) atoms. The summed E-state index contributed by atoms with van der Waals surface area (Å²) in [5.41, 5.74) is 0. The fourth-order valence-electron chi connectivity index (χ4n) is 0.647. The van der Waals surface area contributed by atoms with Gasteiger partial charge in [-0.15, -0.1) is 0 Å². The highest BCUT2D eigenvalue weighted by Gasteiger charge is 2.02. The van der Waals surface area contributed by atoms with E-state index < -0.39 is 7.60 Å². The van der Waals surface area contributed by atoms with Crippen LogP contribution in [-0.4, -0.2) is 12.8 Å². The van der Waals surface area contributed by atoms with Crippen LogP contribution >= 0.6 is 7.60 Å². The van der Waals surface area contributed by atoms with Crippen LogP contribution in [0.5, 0.6) is 0 Å². The molecule has 0 aliphatic rings. The van der Waals surface area contributed by atoms with Gasteiger partial charge in [-0.05, 0) is 6.42 Å². The van der Waals surface area contributed by atoms with E-state index in [9.17, 15) is 9.46 Å². The molecule has 3 nitrogen and oxygen atoms in total. The zero-order valence-corrected chi connectivity index (χ0v) is 8.10. The molecule has 0 spiro atoms. The summed E-state index contributed by atoms with van der Waals surface area (Å²) >= 11 is 0. The smallest absolute Gasteiger partial charge is 0.134 e. The minimum atomic E-state index is -3.46. The Morgan fingerprint density at radius 2 is 2.00 bits per heavy atom. The number of rotatable bonds is 6. The molecule has 0 radical (unpaired) electrons. The summed E-state index contributed by atoms with van der Waals surface area (Å²) in [6.45, 7) is 4.01. The van der Waals surface area contributed by atoms with Crippen LogP contribution in [0.4, 0.5) is 0 Å². The summed E-state index contributed by atoms with van der Waals surface area (Å²) in [6.07, 6.45) is 3.05. The summed E-state index contributed by atoms with van der Waals surface area (Å²) in [6, 6.07) is 0. The molecule has 0 aromatic heterocycles. The van der Waals surface area contributed by atoms with E-state index in [1.165, 1.54) is 0 Å². The molecule has 0 heterocycles. The summed E-state index contributed by atoms with van der Waals surface area (Å²) < 4.78 is 15.4. The van der Waals surface area contributed by atoms with Crippen molar-refractivity contribution in [2.75, 3.05) is 12.8 Å². The van der Waals surface area contributed by atoms with Crippen LogP contribution in [-0.2, 0) is 9.09 Å². The van der Waals surface area contributed by atoms with Crippen molar-refractivity contribution < 1.29 is 14.0 Å². The second-order valence-corrected chi connectivity index (χ2v) is 4.58. The van der Waals surface area contributed by atoms with Crippen molar-refractivity contribution in [1.82, 2.24) is 0 Å². The average molecular weight is 179 g/mol. The highest BCUT2D eigenvalue weighted by atomic mass is 31.2. The van der Waals surface area contributed by atoms with E-state index in [1.54, 1.807) is 6.92 Å². The Bertz CT molecular complexity index is 136. The first-order chi connectivity index (χ1) is 5.12. The second-order valence-electron chi connectivity index (χ2n) is 2.47. The Kier molecular flexibility index (Phi) is 5.83. The number of unbranched alkanes of at least 4 members (excludes halogenated alkanes) is 2. The molecule has 0 aliphatic carbocycles. The van der Waals surface area contributed by atoms with Crippen LogP contribution < -0.4 is 4.89 Å². The molecule has 0 aromatic carbocycles. The van der Waals surface area contributed by atoms with Crippen molar-refractivity contribution in [2.24, 2.45) is 0 Å². The standard InChI is InChI=1S/C7H17O3P/c1-3-5-6-7-10-11(8,9)4-2/h3-7H2,1-2H3,(H,8,9)/p-1. The van der Waals surface area contributed by atoms with Crippen molar-refractivity contribution in [2.45, 2.75) is 33.1 Å². The van der Waals surface area contributed by atoms with E-state index in [-0.39, 0.29) is 6.16 Å². The van der Waals surface area contributed by atoms with Crippen LogP contribution in [0.15, 0.2) is 0 Å². The first kappa shape index (κ1) is 11.2. The predicted octanol–water partition coefficient (Wildman–Crippen LogP) is 1.77. The number of hydrogen-bond acceptors (Lipinski definition) is 3. The molecule has 0 N–H and O–H groups in total. The van der Waals surface area contributed by atoms with Gasteiger partial charge >= 0.3 is 0 Å². The Hall–Kier alpha value is 0.150. The van der Waals surface area contributed by atoms with Crippen LogP contribution in [0.3, 0.4) is 0 Å².